The molecule has 6 heteroatoms. The molecular formula is C9H8ClF4N. The molecule has 0 aromatic heterocycles. The summed E-state index contributed by atoms with van der Waals surface area (Å²) in [6.45, 7) is -1.09. The Morgan fingerprint density at radius 1 is 1.33 bits per heavy atom. The van der Waals surface area contributed by atoms with Crippen LogP contribution in [0, 0.1) is 0 Å². The summed E-state index contributed by atoms with van der Waals surface area (Å²) in [7, 11) is 0. The average molecular weight is 242 g/mol. The molecule has 0 aliphatic carbocycles. The van der Waals surface area contributed by atoms with Crippen LogP contribution in [0.5, 0.6) is 0 Å². The lowest BCUT2D eigenvalue weighted by Crippen LogP contribution is -2.19. The minimum Gasteiger partial charge on any atom is -0.322 e. The molecule has 1 nitrogen and oxygen atoms in total. The number of hydrogen-bond acceptors (Lipinski definition) is 1. The maximum atomic E-state index is 12.5. The lowest BCUT2D eigenvalue weighted by atomic mass is 10.0. The Balaban J connectivity index is 3.33. The van der Waals surface area contributed by atoms with Crippen LogP contribution in [0.1, 0.15) is 17.2 Å². The fraction of sp³-hybridized carbons (Fsp3) is 0.333. The number of nitrogens with two attached hydrogens (primary N) is 1. The molecule has 1 rings (SSSR count). The number of benzene rings is 1. The highest BCUT2D eigenvalue weighted by molar-refractivity contribution is 6.31. The van der Waals surface area contributed by atoms with Crippen molar-refractivity contribution in [2.75, 3.05) is 6.67 Å². The van der Waals surface area contributed by atoms with E-state index in [1.807, 2.05) is 0 Å². The van der Waals surface area contributed by atoms with Crippen LogP contribution in [0.4, 0.5) is 17.6 Å². The molecule has 0 saturated heterocycles. The maximum Gasteiger partial charge on any atom is 0.416 e. The quantitative estimate of drug-likeness (QED) is 0.790. The van der Waals surface area contributed by atoms with E-state index in [4.69, 9.17) is 17.3 Å². The monoisotopic (exact) mass is 241 g/mol. The summed E-state index contributed by atoms with van der Waals surface area (Å²) >= 11 is 5.56. The molecule has 0 heterocycles. The molecule has 0 aliphatic heterocycles. The minimum absolute atomic E-state index is 0.171. The van der Waals surface area contributed by atoms with E-state index in [1.54, 1.807) is 0 Å². The second-order valence-corrected chi connectivity index (χ2v) is 3.37. The van der Waals surface area contributed by atoms with Gasteiger partial charge in [-0.15, -0.1) is 0 Å². The highest BCUT2D eigenvalue weighted by Crippen LogP contribution is 2.37. The van der Waals surface area contributed by atoms with E-state index in [1.165, 1.54) is 6.07 Å². The summed E-state index contributed by atoms with van der Waals surface area (Å²) in [4.78, 5) is 0. The molecule has 1 aromatic carbocycles. The van der Waals surface area contributed by atoms with Crippen LogP contribution < -0.4 is 5.73 Å². The van der Waals surface area contributed by atoms with Crippen LogP contribution >= 0.6 is 11.6 Å². The molecule has 0 bridgehead atoms. The first-order chi connectivity index (χ1) is 6.88. The van der Waals surface area contributed by atoms with Gasteiger partial charge >= 0.3 is 6.18 Å². The van der Waals surface area contributed by atoms with Gasteiger partial charge in [-0.1, -0.05) is 17.7 Å². The van der Waals surface area contributed by atoms with Gasteiger partial charge in [-0.25, -0.2) is 4.39 Å². The minimum atomic E-state index is -4.58. The third kappa shape index (κ3) is 2.60. The number of rotatable bonds is 2. The predicted molar refractivity (Wildman–Crippen MR) is 49.4 cm³/mol. The molecule has 0 saturated carbocycles. The van der Waals surface area contributed by atoms with Crippen LogP contribution in [0.2, 0.25) is 5.02 Å². The standard InChI is InChI=1S/C9H8ClF4N/c10-6-3-1-2-5(9(12,13)14)8(6)7(15)4-11/h1-3,7H,4,15H2/t7-/m0/s1. The van der Waals surface area contributed by atoms with Gasteiger partial charge in [0.2, 0.25) is 0 Å². The molecule has 0 unspecified atom stereocenters. The van der Waals surface area contributed by atoms with E-state index in [2.05, 4.69) is 0 Å². The molecule has 2 N–H and O–H groups in total. The largest absolute Gasteiger partial charge is 0.416 e. The van der Waals surface area contributed by atoms with E-state index in [0.717, 1.165) is 12.1 Å². The van der Waals surface area contributed by atoms with Gasteiger partial charge in [0.05, 0.1) is 11.6 Å². The molecule has 0 aliphatic rings. The fourth-order valence-electron chi connectivity index (χ4n) is 1.24. The first kappa shape index (κ1) is 12.3. The molecule has 1 atom stereocenters. The number of halogens is 5. The normalized spacial score (nSPS) is 14.0. The highest BCUT2D eigenvalue weighted by atomic mass is 35.5. The van der Waals surface area contributed by atoms with Gasteiger partial charge in [0.15, 0.2) is 0 Å². The Bertz CT molecular complexity index is 350. The van der Waals surface area contributed by atoms with Gasteiger partial charge in [0, 0.05) is 10.6 Å². The van der Waals surface area contributed by atoms with Crippen molar-refractivity contribution < 1.29 is 17.6 Å². The summed E-state index contributed by atoms with van der Waals surface area (Å²) in [5.41, 5.74) is 3.85. The van der Waals surface area contributed by atoms with Gasteiger partial charge < -0.3 is 5.73 Å². The molecule has 0 radical (unpaired) electrons. The fourth-order valence-corrected chi connectivity index (χ4v) is 1.55. The zero-order valence-corrected chi connectivity index (χ0v) is 8.24. The van der Waals surface area contributed by atoms with Crippen molar-refractivity contribution in [1.82, 2.24) is 0 Å². The Hall–Kier alpha value is -0.810. The summed E-state index contributed by atoms with van der Waals surface area (Å²) in [6, 6.07) is 1.88. The average Bonchev–Trinajstić information content (AvgIpc) is 2.15. The second-order valence-electron chi connectivity index (χ2n) is 2.96. The van der Waals surface area contributed by atoms with Crippen molar-refractivity contribution in [1.29, 1.82) is 0 Å². The van der Waals surface area contributed by atoms with E-state index >= 15 is 0 Å². The van der Waals surface area contributed by atoms with Crippen molar-refractivity contribution >= 4 is 11.6 Å². The van der Waals surface area contributed by atoms with Crippen LogP contribution in [0.3, 0.4) is 0 Å². The molecule has 0 spiro atoms. The second kappa shape index (κ2) is 4.37. The van der Waals surface area contributed by atoms with Crippen LogP contribution in [0.25, 0.3) is 0 Å². The Kier molecular flexibility index (Phi) is 3.57. The van der Waals surface area contributed by atoms with Crippen LogP contribution in [-0.4, -0.2) is 6.67 Å². The van der Waals surface area contributed by atoms with E-state index in [9.17, 15) is 17.6 Å². The predicted octanol–water partition coefficient (Wildman–Crippen LogP) is 3.33. The Labute approximate surface area is 88.8 Å². The maximum absolute atomic E-state index is 12.5. The third-order valence-electron chi connectivity index (χ3n) is 1.90. The molecule has 0 amide bonds. The number of alkyl halides is 4. The summed E-state index contributed by atoms with van der Waals surface area (Å²) in [5.74, 6) is 0. The van der Waals surface area contributed by atoms with Gasteiger partial charge in [-0.05, 0) is 12.1 Å². The van der Waals surface area contributed by atoms with Crippen LogP contribution in [-0.2, 0) is 6.18 Å². The van der Waals surface area contributed by atoms with Gasteiger partial charge in [-0.3, -0.25) is 0 Å². The van der Waals surface area contributed by atoms with Gasteiger partial charge in [-0.2, -0.15) is 13.2 Å². The first-order valence-electron chi connectivity index (χ1n) is 4.05. The smallest absolute Gasteiger partial charge is 0.322 e. The van der Waals surface area contributed by atoms with Crippen molar-refractivity contribution in [2.45, 2.75) is 12.2 Å². The highest BCUT2D eigenvalue weighted by Gasteiger charge is 2.35. The van der Waals surface area contributed by atoms with E-state index in [0.29, 0.717) is 0 Å². The summed E-state index contributed by atoms with van der Waals surface area (Å²) in [5, 5.41) is -0.171. The Morgan fingerprint density at radius 3 is 2.40 bits per heavy atom. The van der Waals surface area contributed by atoms with Crippen LogP contribution in [0.15, 0.2) is 18.2 Å². The Morgan fingerprint density at radius 2 is 1.93 bits per heavy atom. The van der Waals surface area contributed by atoms with Gasteiger partial charge in [0.1, 0.15) is 6.67 Å². The molecule has 84 valence electrons. The lowest BCUT2D eigenvalue weighted by molar-refractivity contribution is -0.138. The van der Waals surface area contributed by atoms with Crippen molar-refractivity contribution in [2.24, 2.45) is 5.73 Å². The summed E-state index contributed by atoms with van der Waals surface area (Å²) < 4.78 is 49.7. The van der Waals surface area contributed by atoms with Gasteiger partial charge in [0.25, 0.3) is 0 Å². The third-order valence-corrected chi connectivity index (χ3v) is 2.22. The SMILES string of the molecule is N[C@@H](CF)c1c(Cl)cccc1C(F)(F)F. The summed E-state index contributed by atoms with van der Waals surface area (Å²) in [6.07, 6.45) is -4.58. The van der Waals surface area contributed by atoms with E-state index in [-0.39, 0.29) is 5.02 Å². The zero-order chi connectivity index (χ0) is 11.6. The zero-order valence-electron chi connectivity index (χ0n) is 7.48. The van der Waals surface area contributed by atoms with Crippen molar-refractivity contribution in [3.05, 3.63) is 34.3 Å². The number of hydrogen-bond donors (Lipinski definition) is 1. The molecule has 15 heavy (non-hydrogen) atoms. The first-order valence-corrected chi connectivity index (χ1v) is 4.43. The molecule has 0 fully saturated rings. The van der Waals surface area contributed by atoms with Crippen molar-refractivity contribution in [3.63, 3.8) is 0 Å². The van der Waals surface area contributed by atoms with Crippen molar-refractivity contribution in [3.8, 4) is 0 Å². The topological polar surface area (TPSA) is 26.0 Å². The lowest BCUT2D eigenvalue weighted by Gasteiger charge is -2.17. The molecular weight excluding hydrogens is 234 g/mol. The molecule has 1 aromatic rings. The van der Waals surface area contributed by atoms with E-state index < -0.39 is 30.0 Å².